The van der Waals surface area contributed by atoms with E-state index in [-0.39, 0.29) is 0 Å². The molecule has 0 aromatic heterocycles. The van der Waals surface area contributed by atoms with Crippen LogP contribution in [0.25, 0.3) is 0 Å². The molecule has 0 aliphatic heterocycles. The minimum Gasteiger partial charge on any atom is -0.496 e. The minimum absolute atomic E-state index is 0.292. The maximum Gasteiger partial charge on any atom is 0.143 e. The summed E-state index contributed by atoms with van der Waals surface area (Å²) in [4.78, 5) is 12.0. The van der Waals surface area contributed by atoms with E-state index >= 15 is 0 Å². The van der Waals surface area contributed by atoms with E-state index in [2.05, 4.69) is 22.0 Å². The largest absolute Gasteiger partial charge is 0.496 e. The number of halogens is 1. The van der Waals surface area contributed by atoms with Gasteiger partial charge in [0.15, 0.2) is 0 Å². The molecule has 1 aromatic carbocycles. The van der Waals surface area contributed by atoms with Gasteiger partial charge < -0.3 is 4.74 Å². The Labute approximate surface area is 104 Å². The fraction of sp³-hybridized carbons (Fsp3) is 0.462. The minimum atomic E-state index is -0.431. The predicted molar refractivity (Wildman–Crippen MR) is 67.0 cm³/mol. The van der Waals surface area contributed by atoms with Gasteiger partial charge in [-0.3, -0.25) is 4.79 Å². The number of rotatable bonds is 1. The van der Waals surface area contributed by atoms with Crippen LogP contribution in [0.3, 0.4) is 0 Å². The number of carbonyl (C=O) groups is 1. The lowest BCUT2D eigenvalue weighted by Crippen LogP contribution is -2.34. The van der Waals surface area contributed by atoms with Crippen LogP contribution in [0.5, 0.6) is 5.75 Å². The molecule has 0 spiro atoms. The van der Waals surface area contributed by atoms with E-state index in [1.165, 1.54) is 5.56 Å². The Morgan fingerprint density at radius 2 is 2.00 bits per heavy atom. The zero-order valence-electron chi connectivity index (χ0n) is 9.76. The number of aryl methyl sites for hydroxylation is 1. The highest BCUT2D eigenvalue weighted by Crippen LogP contribution is 2.41. The zero-order valence-corrected chi connectivity index (χ0v) is 11.3. The number of carbonyl (C=O) groups excluding carboxylic acids is 1. The smallest absolute Gasteiger partial charge is 0.143 e. The van der Waals surface area contributed by atoms with Crippen LogP contribution in [-0.4, -0.2) is 12.9 Å². The van der Waals surface area contributed by atoms with Gasteiger partial charge in [-0.25, -0.2) is 0 Å². The summed E-state index contributed by atoms with van der Waals surface area (Å²) in [7, 11) is 1.65. The van der Waals surface area contributed by atoms with Crippen molar-refractivity contribution in [2.24, 2.45) is 0 Å². The van der Waals surface area contributed by atoms with E-state index in [1.807, 2.05) is 19.9 Å². The van der Waals surface area contributed by atoms with E-state index in [1.54, 1.807) is 7.11 Å². The predicted octanol–water partition coefficient (Wildman–Crippen LogP) is 3.25. The van der Waals surface area contributed by atoms with Crippen molar-refractivity contribution in [1.29, 1.82) is 0 Å². The van der Waals surface area contributed by atoms with Crippen LogP contribution in [-0.2, 0) is 16.6 Å². The van der Waals surface area contributed by atoms with Crippen LogP contribution < -0.4 is 4.74 Å². The Morgan fingerprint density at radius 3 is 2.62 bits per heavy atom. The molecule has 0 N–H and O–H groups in total. The number of hydrogen-bond donors (Lipinski definition) is 0. The summed E-state index contributed by atoms with van der Waals surface area (Å²) >= 11 is 3.47. The molecule has 2 nitrogen and oxygen atoms in total. The molecule has 0 fully saturated rings. The molecule has 0 unspecified atom stereocenters. The Morgan fingerprint density at radius 1 is 1.31 bits per heavy atom. The molecule has 1 aromatic rings. The number of fused-ring (bicyclic) bond motifs is 1. The van der Waals surface area contributed by atoms with E-state index in [0.29, 0.717) is 12.2 Å². The lowest BCUT2D eigenvalue weighted by Gasteiger charge is -2.32. The molecule has 1 aliphatic carbocycles. The monoisotopic (exact) mass is 282 g/mol. The molecule has 0 atom stereocenters. The molecular formula is C13H15BrO2. The summed E-state index contributed by atoms with van der Waals surface area (Å²) in [5.74, 6) is 1.10. The summed E-state index contributed by atoms with van der Waals surface area (Å²) < 4.78 is 6.40. The summed E-state index contributed by atoms with van der Waals surface area (Å²) in [6.45, 7) is 3.95. The third-order valence-corrected chi connectivity index (χ3v) is 3.77. The number of Topliss-reactive ketones (excluding diaryl/α,β-unsaturated/α-hetero) is 1. The number of ether oxygens (including phenoxy) is 1. The van der Waals surface area contributed by atoms with E-state index in [4.69, 9.17) is 4.74 Å². The van der Waals surface area contributed by atoms with Crippen molar-refractivity contribution in [3.8, 4) is 5.75 Å². The molecule has 2 rings (SSSR count). The second-order valence-corrected chi connectivity index (χ2v) is 5.61. The Bertz CT molecular complexity index is 432. The first kappa shape index (κ1) is 11.6. The summed E-state index contributed by atoms with van der Waals surface area (Å²) in [6.07, 6.45) is 1.44. The molecule has 0 saturated heterocycles. The van der Waals surface area contributed by atoms with Gasteiger partial charge >= 0.3 is 0 Å². The number of ketones is 1. The van der Waals surface area contributed by atoms with Gasteiger partial charge in [0.05, 0.1) is 12.5 Å². The molecule has 0 bridgehead atoms. The lowest BCUT2D eigenvalue weighted by molar-refractivity contribution is -0.124. The van der Waals surface area contributed by atoms with Gasteiger partial charge in [0.2, 0.25) is 0 Å². The highest BCUT2D eigenvalue weighted by Gasteiger charge is 2.37. The van der Waals surface area contributed by atoms with Crippen molar-refractivity contribution in [3.05, 3.63) is 27.7 Å². The van der Waals surface area contributed by atoms with Gasteiger partial charge in [-0.1, -0.05) is 15.9 Å². The zero-order chi connectivity index (χ0) is 11.9. The van der Waals surface area contributed by atoms with E-state index in [0.717, 1.165) is 22.2 Å². The third kappa shape index (κ3) is 1.67. The second kappa shape index (κ2) is 3.88. The Hall–Kier alpha value is -0.830. The van der Waals surface area contributed by atoms with Crippen molar-refractivity contribution < 1.29 is 9.53 Å². The highest BCUT2D eigenvalue weighted by atomic mass is 79.9. The maximum absolute atomic E-state index is 12.0. The standard InChI is InChI=1S/C13H15BrO2/c1-13(2)11(15)5-4-8-6-9(14)7-10(16-3)12(8)13/h6-7H,4-5H2,1-3H3. The van der Waals surface area contributed by atoms with Crippen LogP contribution in [0.4, 0.5) is 0 Å². The molecule has 86 valence electrons. The average Bonchev–Trinajstić information content (AvgIpc) is 2.22. The molecule has 3 heteroatoms. The SMILES string of the molecule is COc1cc(Br)cc2c1C(C)(C)C(=O)CC2. The molecule has 0 amide bonds. The summed E-state index contributed by atoms with van der Waals surface area (Å²) in [6, 6.07) is 4.02. The molecule has 16 heavy (non-hydrogen) atoms. The van der Waals surface area contributed by atoms with Gasteiger partial charge in [0.1, 0.15) is 11.5 Å². The highest BCUT2D eigenvalue weighted by molar-refractivity contribution is 9.10. The number of methoxy groups -OCH3 is 1. The molecular weight excluding hydrogens is 268 g/mol. The molecule has 0 heterocycles. The van der Waals surface area contributed by atoms with Gasteiger partial charge in [-0.05, 0) is 38.0 Å². The Balaban J connectivity index is 2.69. The normalized spacial score (nSPS) is 18.1. The third-order valence-electron chi connectivity index (χ3n) is 3.31. The first-order chi connectivity index (χ1) is 7.46. The van der Waals surface area contributed by atoms with Crippen LogP contribution in [0, 0.1) is 0 Å². The van der Waals surface area contributed by atoms with Crippen molar-refractivity contribution in [2.45, 2.75) is 32.1 Å². The number of benzene rings is 1. The van der Waals surface area contributed by atoms with Crippen molar-refractivity contribution in [2.75, 3.05) is 7.11 Å². The van der Waals surface area contributed by atoms with E-state index < -0.39 is 5.41 Å². The van der Waals surface area contributed by atoms with Crippen LogP contribution >= 0.6 is 15.9 Å². The van der Waals surface area contributed by atoms with Gasteiger partial charge in [-0.2, -0.15) is 0 Å². The summed E-state index contributed by atoms with van der Waals surface area (Å²) in [5.41, 5.74) is 1.84. The second-order valence-electron chi connectivity index (χ2n) is 4.69. The van der Waals surface area contributed by atoms with Crippen LogP contribution in [0.1, 0.15) is 31.4 Å². The quantitative estimate of drug-likeness (QED) is 0.790. The van der Waals surface area contributed by atoms with Crippen LogP contribution in [0.15, 0.2) is 16.6 Å². The molecule has 0 radical (unpaired) electrons. The summed E-state index contributed by atoms with van der Waals surface area (Å²) in [5, 5.41) is 0. The van der Waals surface area contributed by atoms with Crippen molar-refractivity contribution >= 4 is 21.7 Å². The fourth-order valence-electron chi connectivity index (χ4n) is 2.40. The lowest BCUT2D eigenvalue weighted by atomic mass is 9.71. The van der Waals surface area contributed by atoms with Crippen molar-refractivity contribution in [1.82, 2.24) is 0 Å². The first-order valence-corrected chi connectivity index (χ1v) is 6.16. The van der Waals surface area contributed by atoms with E-state index in [9.17, 15) is 4.79 Å². The van der Waals surface area contributed by atoms with Gasteiger partial charge in [-0.15, -0.1) is 0 Å². The first-order valence-electron chi connectivity index (χ1n) is 5.37. The molecule has 1 aliphatic rings. The van der Waals surface area contributed by atoms with Crippen molar-refractivity contribution in [3.63, 3.8) is 0 Å². The Kier molecular flexibility index (Phi) is 2.82. The number of hydrogen-bond acceptors (Lipinski definition) is 2. The van der Waals surface area contributed by atoms with Crippen LogP contribution in [0.2, 0.25) is 0 Å². The molecule has 0 saturated carbocycles. The average molecular weight is 283 g/mol. The fourth-order valence-corrected chi connectivity index (χ4v) is 2.89. The maximum atomic E-state index is 12.0. The van der Waals surface area contributed by atoms with Gasteiger partial charge in [0.25, 0.3) is 0 Å². The topological polar surface area (TPSA) is 26.3 Å². The van der Waals surface area contributed by atoms with Gasteiger partial charge in [0, 0.05) is 16.5 Å².